The summed E-state index contributed by atoms with van der Waals surface area (Å²) >= 11 is 0. The largest absolute Gasteiger partial charge is 0.389 e. The Morgan fingerprint density at radius 2 is 1.85 bits per heavy atom. The standard InChI is InChI=1S/C16H21NO3/c1-4-16(5-2)10-14(19)17(15(16)20)13-9-7-6-8-12(13)11(3)18/h6-9,11,18H,4-5,10H2,1-3H3. The Morgan fingerprint density at radius 3 is 2.35 bits per heavy atom. The summed E-state index contributed by atoms with van der Waals surface area (Å²) in [5.41, 5.74) is 0.543. The fraction of sp³-hybridized carbons (Fsp3) is 0.500. The van der Waals surface area contributed by atoms with Gasteiger partial charge in [-0.2, -0.15) is 0 Å². The van der Waals surface area contributed by atoms with Crippen LogP contribution in [-0.2, 0) is 9.59 Å². The number of aliphatic hydroxyl groups excluding tert-OH is 1. The van der Waals surface area contributed by atoms with Gasteiger partial charge in [0.2, 0.25) is 11.8 Å². The van der Waals surface area contributed by atoms with Crippen molar-refractivity contribution in [1.29, 1.82) is 0 Å². The molecule has 1 N–H and O–H groups in total. The number of carbonyl (C=O) groups excluding carboxylic acids is 2. The highest BCUT2D eigenvalue weighted by atomic mass is 16.3. The monoisotopic (exact) mass is 275 g/mol. The fourth-order valence-corrected chi connectivity index (χ4v) is 2.89. The van der Waals surface area contributed by atoms with Crippen molar-refractivity contribution in [3.8, 4) is 0 Å². The molecule has 4 nitrogen and oxygen atoms in total. The molecule has 0 saturated carbocycles. The Morgan fingerprint density at radius 1 is 1.25 bits per heavy atom. The van der Waals surface area contributed by atoms with E-state index in [1.165, 1.54) is 4.90 Å². The van der Waals surface area contributed by atoms with Gasteiger partial charge in [-0.25, -0.2) is 4.90 Å². The second-order valence-electron chi connectivity index (χ2n) is 5.43. The summed E-state index contributed by atoms with van der Waals surface area (Å²) in [5.74, 6) is -0.313. The van der Waals surface area contributed by atoms with Gasteiger partial charge in [0.15, 0.2) is 0 Å². The summed E-state index contributed by atoms with van der Waals surface area (Å²) in [6, 6.07) is 7.04. The molecule has 20 heavy (non-hydrogen) atoms. The fourth-order valence-electron chi connectivity index (χ4n) is 2.89. The molecule has 2 amide bonds. The van der Waals surface area contributed by atoms with Crippen molar-refractivity contribution in [3.63, 3.8) is 0 Å². The topological polar surface area (TPSA) is 57.6 Å². The zero-order valence-corrected chi connectivity index (χ0v) is 12.2. The average molecular weight is 275 g/mol. The molecule has 0 radical (unpaired) electrons. The summed E-state index contributed by atoms with van der Waals surface area (Å²) in [5, 5.41) is 9.83. The molecule has 0 spiro atoms. The second-order valence-corrected chi connectivity index (χ2v) is 5.43. The van der Waals surface area contributed by atoms with Crippen molar-refractivity contribution in [2.75, 3.05) is 4.90 Å². The van der Waals surface area contributed by atoms with Crippen LogP contribution in [0.3, 0.4) is 0 Å². The second kappa shape index (κ2) is 5.37. The molecule has 0 bridgehead atoms. The first-order valence-corrected chi connectivity index (χ1v) is 7.11. The van der Waals surface area contributed by atoms with Gasteiger partial charge in [-0.05, 0) is 25.8 Å². The van der Waals surface area contributed by atoms with Gasteiger partial charge < -0.3 is 5.11 Å². The third kappa shape index (κ3) is 2.14. The number of hydrogen-bond acceptors (Lipinski definition) is 3. The van der Waals surface area contributed by atoms with Crippen LogP contribution in [0.5, 0.6) is 0 Å². The number of rotatable bonds is 4. The van der Waals surface area contributed by atoms with E-state index in [1.807, 2.05) is 13.8 Å². The van der Waals surface area contributed by atoms with Crippen molar-refractivity contribution in [1.82, 2.24) is 0 Å². The molecule has 1 saturated heterocycles. The van der Waals surface area contributed by atoms with Gasteiger partial charge in [0.25, 0.3) is 0 Å². The first-order valence-electron chi connectivity index (χ1n) is 7.11. The van der Waals surface area contributed by atoms with Gasteiger partial charge >= 0.3 is 0 Å². The van der Waals surface area contributed by atoms with E-state index in [4.69, 9.17) is 0 Å². The lowest BCUT2D eigenvalue weighted by atomic mass is 9.81. The molecule has 1 aliphatic heterocycles. The third-order valence-electron chi connectivity index (χ3n) is 4.38. The third-order valence-corrected chi connectivity index (χ3v) is 4.38. The Labute approximate surface area is 119 Å². The molecule has 2 rings (SSSR count). The Hall–Kier alpha value is -1.68. The minimum atomic E-state index is -0.718. The van der Waals surface area contributed by atoms with E-state index in [-0.39, 0.29) is 18.2 Å². The molecule has 1 aliphatic rings. The number of carbonyl (C=O) groups is 2. The SMILES string of the molecule is CCC1(CC)CC(=O)N(c2ccccc2C(C)O)C1=O. The van der Waals surface area contributed by atoms with Crippen LogP contribution in [-0.4, -0.2) is 16.9 Å². The minimum absolute atomic E-state index is 0.138. The maximum absolute atomic E-state index is 12.7. The Bertz CT molecular complexity index is 532. The van der Waals surface area contributed by atoms with Crippen molar-refractivity contribution in [2.45, 2.75) is 46.1 Å². The first-order chi connectivity index (χ1) is 9.46. The highest BCUT2D eigenvalue weighted by molar-refractivity contribution is 6.22. The molecular formula is C16H21NO3. The van der Waals surface area contributed by atoms with Crippen molar-refractivity contribution in [2.24, 2.45) is 5.41 Å². The van der Waals surface area contributed by atoms with E-state index in [9.17, 15) is 14.7 Å². The minimum Gasteiger partial charge on any atom is -0.389 e. The Kier molecular flexibility index (Phi) is 3.95. The van der Waals surface area contributed by atoms with Crippen LogP contribution in [0.25, 0.3) is 0 Å². The molecular weight excluding hydrogens is 254 g/mol. The number of hydrogen-bond donors (Lipinski definition) is 1. The van der Waals surface area contributed by atoms with Crippen molar-refractivity contribution >= 4 is 17.5 Å². The normalized spacial score (nSPS) is 19.5. The summed E-state index contributed by atoms with van der Waals surface area (Å²) in [6.07, 6.45) is 0.848. The predicted molar refractivity (Wildman–Crippen MR) is 77.2 cm³/mol. The van der Waals surface area contributed by atoms with Crippen LogP contribution < -0.4 is 4.90 Å². The predicted octanol–water partition coefficient (Wildman–Crippen LogP) is 2.81. The smallest absolute Gasteiger partial charge is 0.240 e. The highest BCUT2D eigenvalue weighted by Gasteiger charge is 2.50. The number of anilines is 1. The lowest BCUT2D eigenvalue weighted by molar-refractivity contribution is -0.126. The Balaban J connectivity index is 2.49. The van der Waals surface area contributed by atoms with E-state index < -0.39 is 11.5 Å². The number of nitrogens with zero attached hydrogens (tertiary/aromatic N) is 1. The van der Waals surface area contributed by atoms with E-state index in [1.54, 1.807) is 31.2 Å². The number of imide groups is 1. The van der Waals surface area contributed by atoms with Crippen LogP contribution in [0.2, 0.25) is 0 Å². The van der Waals surface area contributed by atoms with Gasteiger partial charge in [0, 0.05) is 12.0 Å². The quantitative estimate of drug-likeness (QED) is 0.860. The van der Waals surface area contributed by atoms with Gasteiger partial charge in [-0.3, -0.25) is 9.59 Å². The summed E-state index contributed by atoms with van der Waals surface area (Å²) in [6.45, 7) is 5.52. The van der Waals surface area contributed by atoms with Crippen LogP contribution in [0.15, 0.2) is 24.3 Å². The summed E-state index contributed by atoms with van der Waals surface area (Å²) in [4.78, 5) is 26.3. The first kappa shape index (κ1) is 14.7. The highest BCUT2D eigenvalue weighted by Crippen LogP contribution is 2.42. The van der Waals surface area contributed by atoms with E-state index in [0.717, 1.165) is 0 Å². The van der Waals surface area contributed by atoms with Gasteiger partial charge in [-0.15, -0.1) is 0 Å². The molecule has 1 unspecified atom stereocenters. The van der Waals surface area contributed by atoms with Crippen molar-refractivity contribution < 1.29 is 14.7 Å². The average Bonchev–Trinajstić information content (AvgIpc) is 2.70. The van der Waals surface area contributed by atoms with Crippen LogP contribution in [0.4, 0.5) is 5.69 Å². The lowest BCUT2D eigenvalue weighted by Gasteiger charge is -2.25. The number of benzene rings is 1. The molecule has 1 aromatic rings. The number of amides is 2. The van der Waals surface area contributed by atoms with E-state index in [0.29, 0.717) is 24.1 Å². The molecule has 108 valence electrons. The molecule has 1 heterocycles. The van der Waals surface area contributed by atoms with Crippen molar-refractivity contribution in [3.05, 3.63) is 29.8 Å². The molecule has 1 aromatic carbocycles. The van der Waals surface area contributed by atoms with Crippen LogP contribution in [0, 0.1) is 5.41 Å². The van der Waals surface area contributed by atoms with E-state index in [2.05, 4.69) is 0 Å². The number of para-hydroxylation sites is 1. The van der Waals surface area contributed by atoms with Gasteiger partial charge in [0.1, 0.15) is 0 Å². The summed E-state index contributed by atoms with van der Waals surface area (Å²) in [7, 11) is 0. The zero-order chi connectivity index (χ0) is 14.9. The maximum atomic E-state index is 12.7. The van der Waals surface area contributed by atoms with Crippen LogP contribution in [0.1, 0.15) is 51.7 Å². The lowest BCUT2D eigenvalue weighted by Crippen LogP contribution is -2.35. The molecule has 0 aliphatic carbocycles. The van der Waals surface area contributed by atoms with E-state index >= 15 is 0 Å². The summed E-state index contributed by atoms with van der Waals surface area (Å²) < 4.78 is 0. The van der Waals surface area contributed by atoms with Crippen LogP contribution >= 0.6 is 0 Å². The maximum Gasteiger partial charge on any atom is 0.240 e. The molecule has 1 atom stereocenters. The van der Waals surface area contributed by atoms with Gasteiger partial charge in [-0.1, -0.05) is 32.0 Å². The zero-order valence-electron chi connectivity index (χ0n) is 12.2. The molecule has 0 aromatic heterocycles. The molecule has 1 fully saturated rings. The number of aliphatic hydroxyl groups is 1. The molecule has 4 heteroatoms. The van der Waals surface area contributed by atoms with Gasteiger partial charge in [0.05, 0.1) is 17.2 Å².